The third kappa shape index (κ3) is 7.71. The number of guanidine groups is 1. The fraction of sp³-hybridized carbons (Fsp3) is 0.316. The molecule has 8 nitrogen and oxygen atoms in total. The van der Waals surface area contributed by atoms with Gasteiger partial charge in [-0.05, 0) is 41.8 Å². The van der Waals surface area contributed by atoms with Crippen LogP contribution in [0.2, 0.25) is 0 Å². The fourth-order valence-corrected chi connectivity index (χ4v) is 3.08. The smallest absolute Gasteiger partial charge is 0.238 e. The zero-order chi connectivity index (χ0) is 20.6. The quantitative estimate of drug-likeness (QED) is 0.271. The summed E-state index contributed by atoms with van der Waals surface area (Å²) < 4.78 is 33.1. The lowest BCUT2D eigenvalue weighted by Crippen LogP contribution is -2.37. The van der Waals surface area contributed by atoms with E-state index in [1.807, 2.05) is 18.2 Å². The zero-order valence-corrected chi connectivity index (χ0v) is 19.8. The minimum absolute atomic E-state index is 0. The van der Waals surface area contributed by atoms with E-state index in [1.165, 1.54) is 12.1 Å². The van der Waals surface area contributed by atoms with Crippen LogP contribution in [0, 0.1) is 0 Å². The van der Waals surface area contributed by atoms with E-state index in [1.54, 1.807) is 33.4 Å². The van der Waals surface area contributed by atoms with Gasteiger partial charge in [-0.15, -0.1) is 24.0 Å². The molecule has 0 radical (unpaired) electrons. The molecule has 2 aromatic rings. The summed E-state index contributed by atoms with van der Waals surface area (Å²) in [5.74, 6) is 2.02. The van der Waals surface area contributed by atoms with Crippen LogP contribution in [-0.4, -0.2) is 42.2 Å². The minimum Gasteiger partial charge on any atom is -0.493 e. The second-order valence-corrected chi connectivity index (χ2v) is 7.54. The lowest BCUT2D eigenvalue weighted by Gasteiger charge is -2.13. The molecule has 0 saturated heterocycles. The maximum Gasteiger partial charge on any atom is 0.238 e. The van der Waals surface area contributed by atoms with E-state index in [2.05, 4.69) is 15.6 Å². The van der Waals surface area contributed by atoms with Crippen LogP contribution in [0.15, 0.2) is 52.4 Å². The lowest BCUT2D eigenvalue weighted by molar-refractivity contribution is 0.354. The Balaban J connectivity index is 0.00000420. The highest BCUT2D eigenvalue weighted by atomic mass is 127. The molecule has 0 amide bonds. The van der Waals surface area contributed by atoms with E-state index < -0.39 is 10.0 Å². The second-order valence-electron chi connectivity index (χ2n) is 5.98. The van der Waals surface area contributed by atoms with Crippen LogP contribution < -0.4 is 25.2 Å². The number of hydrogen-bond acceptors (Lipinski definition) is 5. The highest BCUT2D eigenvalue weighted by molar-refractivity contribution is 14.0. The Bertz CT molecular complexity index is 918. The molecule has 4 N–H and O–H groups in total. The predicted octanol–water partition coefficient (Wildman–Crippen LogP) is 1.88. The minimum atomic E-state index is -3.66. The van der Waals surface area contributed by atoms with Gasteiger partial charge in [0.2, 0.25) is 10.0 Å². The summed E-state index contributed by atoms with van der Waals surface area (Å²) in [6.07, 6.45) is 0.710. The molecule has 0 aliphatic carbocycles. The predicted molar refractivity (Wildman–Crippen MR) is 125 cm³/mol. The Morgan fingerprint density at radius 1 is 1.00 bits per heavy atom. The second kappa shape index (κ2) is 11.8. The number of ether oxygens (including phenoxy) is 2. The number of primary sulfonamides is 1. The first-order valence-corrected chi connectivity index (χ1v) is 10.2. The normalized spacial score (nSPS) is 11.4. The molecule has 0 saturated carbocycles. The molecular weight excluding hydrogens is 507 g/mol. The van der Waals surface area contributed by atoms with Gasteiger partial charge in [-0.3, -0.25) is 4.99 Å². The molecule has 2 rings (SSSR count). The molecule has 0 aliphatic heterocycles. The summed E-state index contributed by atoms with van der Waals surface area (Å²) in [5.41, 5.74) is 2.02. The highest BCUT2D eigenvalue weighted by Crippen LogP contribution is 2.27. The first kappa shape index (κ1) is 25.0. The number of hydrogen-bond donors (Lipinski definition) is 3. The van der Waals surface area contributed by atoms with Gasteiger partial charge in [0.1, 0.15) is 0 Å². The Labute approximate surface area is 189 Å². The Morgan fingerprint density at radius 2 is 1.62 bits per heavy atom. The van der Waals surface area contributed by atoms with E-state index in [4.69, 9.17) is 14.6 Å². The molecule has 0 fully saturated rings. The number of aliphatic imine (C=N–C) groups is 1. The van der Waals surface area contributed by atoms with E-state index in [9.17, 15) is 8.42 Å². The number of nitrogens with two attached hydrogens (primary N) is 1. The number of halogens is 1. The van der Waals surface area contributed by atoms with E-state index in [0.29, 0.717) is 37.0 Å². The van der Waals surface area contributed by atoms with Gasteiger partial charge < -0.3 is 20.1 Å². The largest absolute Gasteiger partial charge is 0.493 e. The van der Waals surface area contributed by atoms with Crippen LogP contribution in [0.3, 0.4) is 0 Å². The van der Waals surface area contributed by atoms with Gasteiger partial charge in [0.25, 0.3) is 0 Å². The Kier molecular flexibility index (Phi) is 10.2. The van der Waals surface area contributed by atoms with Crippen molar-refractivity contribution in [1.82, 2.24) is 10.6 Å². The van der Waals surface area contributed by atoms with Crippen molar-refractivity contribution in [3.8, 4) is 11.5 Å². The van der Waals surface area contributed by atoms with Crippen LogP contribution in [0.4, 0.5) is 0 Å². The van der Waals surface area contributed by atoms with Gasteiger partial charge in [-0.2, -0.15) is 0 Å². The lowest BCUT2D eigenvalue weighted by atomic mass is 10.1. The van der Waals surface area contributed by atoms with E-state index in [0.717, 1.165) is 11.1 Å². The van der Waals surface area contributed by atoms with Crippen molar-refractivity contribution in [3.05, 3.63) is 53.6 Å². The Hall–Kier alpha value is -2.05. The monoisotopic (exact) mass is 534 g/mol. The molecule has 10 heteroatoms. The van der Waals surface area contributed by atoms with E-state index >= 15 is 0 Å². The van der Waals surface area contributed by atoms with Crippen LogP contribution in [-0.2, 0) is 23.0 Å². The average molecular weight is 534 g/mol. The maximum atomic E-state index is 11.3. The van der Waals surface area contributed by atoms with Gasteiger partial charge in [0.15, 0.2) is 17.5 Å². The SMILES string of the molecule is CN=C(NCCc1ccc(S(N)(=O)=O)cc1)NCc1ccc(OC)c(OC)c1.I. The molecule has 2 aromatic carbocycles. The molecule has 0 aliphatic rings. The van der Waals surface area contributed by atoms with Crippen molar-refractivity contribution >= 4 is 40.0 Å². The number of sulfonamides is 1. The maximum absolute atomic E-state index is 11.3. The summed E-state index contributed by atoms with van der Waals surface area (Å²) in [4.78, 5) is 4.31. The van der Waals surface area contributed by atoms with Crippen molar-refractivity contribution in [1.29, 1.82) is 0 Å². The van der Waals surface area contributed by atoms with Gasteiger partial charge in [-0.25, -0.2) is 13.6 Å². The molecule has 0 atom stereocenters. The molecule has 0 heterocycles. The summed E-state index contributed by atoms with van der Waals surface area (Å²) in [7, 11) is 1.24. The number of rotatable bonds is 8. The number of nitrogens with one attached hydrogen (secondary N) is 2. The van der Waals surface area contributed by atoms with Gasteiger partial charge in [-0.1, -0.05) is 18.2 Å². The van der Waals surface area contributed by atoms with Gasteiger partial charge in [0.05, 0.1) is 19.1 Å². The molecule has 0 aromatic heterocycles. The first-order valence-electron chi connectivity index (χ1n) is 8.64. The summed E-state index contributed by atoms with van der Waals surface area (Å²) in [6.45, 7) is 1.21. The topological polar surface area (TPSA) is 115 Å². The zero-order valence-electron chi connectivity index (χ0n) is 16.6. The molecule has 0 bridgehead atoms. The molecular formula is C19H27IN4O4S. The standard InChI is InChI=1S/C19H26N4O4S.HI/c1-21-19(23-13-15-6-9-17(26-2)18(12-15)27-3)22-11-10-14-4-7-16(8-5-14)28(20,24)25;/h4-9,12H,10-11,13H2,1-3H3,(H2,20,24,25)(H2,21,22,23);1H. The third-order valence-electron chi connectivity index (χ3n) is 4.09. The highest BCUT2D eigenvalue weighted by Gasteiger charge is 2.07. The first-order chi connectivity index (χ1) is 13.4. The Morgan fingerprint density at radius 3 is 2.17 bits per heavy atom. The van der Waals surface area contributed by atoms with Gasteiger partial charge in [0, 0.05) is 20.1 Å². The average Bonchev–Trinajstić information content (AvgIpc) is 2.69. The van der Waals surface area contributed by atoms with Crippen LogP contribution >= 0.6 is 24.0 Å². The number of nitrogens with zero attached hydrogens (tertiary/aromatic N) is 1. The van der Waals surface area contributed by atoms with E-state index in [-0.39, 0.29) is 28.9 Å². The molecule has 0 unspecified atom stereocenters. The van der Waals surface area contributed by atoms with Crippen molar-refractivity contribution in [2.75, 3.05) is 27.8 Å². The van der Waals surface area contributed by atoms with Crippen LogP contribution in [0.1, 0.15) is 11.1 Å². The van der Waals surface area contributed by atoms with Crippen molar-refractivity contribution in [3.63, 3.8) is 0 Å². The summed E-state index contributed by atoms with van der Waals surface area (Å²) in [6, 6.07) is 12.2. The van der Waals surface area contributed by atoms with Crippen LogP contribution in [0.5, 0.6) is 11.5 Å². The van der Waals surface area contributed by atoms with Crippen molar-refractivity contribution in [2.45, 2.75) is 17.9 Å². The summed E-state index contributed by atoms with van der Waals surface area (Å²) in [5, 5.41) is 11.6. The van der Waals surface area contributed by atoms with Crippen molar-refractivity contribution in [2.24, 2.45) is 10.1 Å². The van der Waals surface area contributed by atoms with Crippen LogP contribution in [0.25, 0.3) is 0 Å². The fourth-order valence-electron chi connectivity index (χ4n) is 2.57. The third-order valence-corrected chi connectivity index (χ3v) is 5.02. The molecule has 160 valence electrons. The molecule has 0 spiro atoms. The molecule has 29 heavy (non-hydrogen) atoms. The van der Waals surface area contributed by atoms with Gasteiger partial charge >= 0.3 is 0 Å². The number of benzene rings is 2. The van der Waals surface area contributed by atoms with Crippen molar-refractivity contribution < 1.29 is 17.9 Å². The number of methoxy groups -OCH3 is 2. The summed E-state index contributed by atoms with van der Waals surface area (Å²) >= 11 is 0.